The number of likely N-dealkylation sites (N-methyl/N-ethyl adjacent to an activating group) is 1. The van der Waals surface area contributed by atoms with Crippen molar-refractivity contribution in [3.05, 3.63) is 48.0 Å². The van der Waals surface area contributed by atoms with Crippen molar-refractivity contribution < 1.29 is 22.7 Å². The summed E-state index contributed by atoms with van der Waals surface area (Å²) in [6, 6.07) is 12.1. The summed E-state index contributed by atoms with van der Waals surface area (Å²) in [5, 5.41) is 3.98. The second kappa shape index (κ2) is 12.2. The highest BCUT2D eigenvalue weighted by Crippen LogP contribution is 2.31. The molecule has 3 heterocycles. The van der Waals surface area contributed by atoms with Gasteiger partial charge < -0.3 is 19.7 Å². The molecule has 0 saturated carbocycles. The Morgan fingerprint density at radius 2 is 1.95 bits per heavy atom. The Labute approximate surface area is 233 Å². The number of sulfonamides is 1. The SMILES string of the molecule is COc1ccc2nc(N3CCN(CCNC(=O)c4ccc(S(=O)(=O)N(C)CC5CCCO5)cc4)CC3)sc2c1. The topological polar surface area (TPSA) is 104 Å². The van der Waals surface area contributed by atoms with E-state index in [0.29, 0.717) is 25.3 Å². The van der Waals surface area contributed by atoms with Crippen molar-refractivity contribution in [3.63, 3.8) is 0 Å². The van der Waals surface area contributed by atoms with Crippen LogP contribution in [0.1, 0.15) is 23.2 Å². The molecule has 1 aromatic heterocycles. The summed E-state index contributed by atoms with van der Waals surface area (Å²) in [5.74, 6) is 0.624. The minimum Gasteiger partial charge on any atom is -0.497 e. The summed E-state index contributed by atoms with van der Waals surface area (Å²) in [4.78, 5) is 22.2. The van der Waals surface area contributed by atoms with Crippen molar-refractivity contribution in [2.45, 2.75) is 23.8 Å². The normalized spacial score (nSPS) is 18.6. The monoisotopic (exact) mass is 573 g/mol. The second-order valence-electron chi connectivity index (χ2n) is 9.86. The summed E-state index contributed by atoms with van der Waals surface area (Å²) >= 11 is 1.68. The number of aromatic nitrogens is 1. The van der Waals surface area contributed by atoms with Gasteiger partial charge in [0.1, 0.15) is 5.75 Å². The third-order valence-electron chi connectivity index (χ3n) is 7.25. The molecule has 210 valence electrons. The number of nitrogens with zero attached hydrogens (tertiary/aromatic N) is 4. The summed E-state index contributed by atoms with van der Waals surface area (Å²) in [6.07, 6.45) is 1.77. The highest BCUT2D eigenvalue weighted by molar-refractivity contribution is 7.89. The molecule has 0 radical (unpaired) electrons. The standard InChI is InChI=1S/C27H35N5O5S2/c1-30(19-22-4-3-17-37-22)39(34,35)23-8-5-20(6-9-23)26(33)28-11-12-31-13-15-32(16-14-31)27-29-24-10-7-21(36-2)18-25(24)38-27/h5-10,18,22H,3-4,11-17,19H2,1-2H3,(H,28,33). The molecule has 2 fully saturated rings. The lowest BCUT2D eigenvalue weighted by molar-refractivity contribution is 0.0947. The van der Waals surface area contributed by atoms with Crippen molar-refractivity contribution >= 4 is 42.6 Å². The molecule has 39 heavy (non-hydrogen) atoms. The molecule has 1 amide bonds. The number of thiazole rings is 1. The van der Waals surface area contributed by atoms with E-state index in [2.05, 4.69) is 15.1 Å². The number of ether oxygens (including phenoxy) is 2. The number of nitrogens with one attached hydrogen (secondary N) is 1. The van der Waals surface area contributed by atoms with Crippen LogP contribution in [0, 0.1) is 0 Å². The molecular weight excluding hydrogens is 538 g/mol. The van der Waals surface area contributed by atoms with Crippen LogP contribution in [0.3, 0.4) is 0 Å². The van der Waals surface area contributed by atoms with Gasteiger partial charge in [-0.15, -0.1) is 0 Å². The first kappa shape index (κ1) is 27.8. The second-order valence-corrected chi connectivity index (χ2v) is 12.9. The van der Waals surface area contributed by atoms with Gasteiger partial charge in [-0.3, -0.25) is 9.69 Å². The van der Waals surface area contributed by atoms with Gasteiger partial charge in [0.2, 0.25) is 10.0 Å². The van der Waals surface area contributed by atoms with Gasteiger partial charge in [0, 0.05) is 65.0 Å². The van der Waals surface area contributed by atoms with Crippen LogP contribution in [0.2, 0.25) is 0 Å². The van der Waals surface area contributed by atoms with Crippen LogP contribution in [-0.2, 0) is 14.8 Å². The van der Waals surface area contributed by atoms with Gasteiger partial charge in [0.25, 0.3) is 5.91 Å². The van der Waals surface area contributed by atoms with Gasteiger partial charge in [-0.25, -0.2) is 13.4 Å². The van der Waals surface area contributed by atoms with Gasteiger partial charge in [-0.1, -0.05) is 11.3 Å². The van der Waals surface area contributed by atoms with E-state index in [1.54, 1.807) is 37.6 Å². The van der Waals surface area contributed by atoms with Crippen LogP contribution >= 0.6 is 11.3 Å². The molecule has 10 nitrogen and oxygen atoms in total. The first-order valence-electron chi connectivity index (χ1n) is 13.2. The third-order valence-corrected chi connectivity index (χ3v) is 10.2. The van der Waals surface area contributed by atoms with Crippen molar-refractivity contribution in [1.29, 1.82) is 0 Å². The fourth-order valence-corrected chi connectivity index (χ4v) is 7.13. The zero-order chi connectivity index (χ0) is 27.4. The average Bonchev–Trinajstić information content (AvgIpc) is 3.63. The summed E-state index contributed by atoms with van der Waals surface area (Å²) < 4.78 is 39.1. The Morgan fingerprint density at radius 3 is 2.64 bits per heavy atom. The number of piperazine rings is 1. The van der Waals surface area contributed by atoms with Gasteiger partial charge in [-0.05, 0) is 55.3 Å². The van der Waals surface area contributed by atoms with E-state index < -0.39 is 10.0 Å². The number of hydrogen-bond donors (Lipinski definition) is 1. The Kier molecular flexibility index (Phi) is 8.67. The van der Waals surface area contributed by atoms with Crippen molar-refractivity contribution in [2.24, 2.45) is 0 Å². The molecule has 0 spiro atoms. The number of anilines is 1. The number of amides is 1. The predicted octanol–water partition coefficient (Wildman–Crippen LogP) is 2.66. The number of carbonyl (C=O) groups is 1. The van der Waals surface area contributed by atoms with Crippen molar-refractivity contribution in [3.8, 4) is 5.75 Å². The molecule has 2 aliphatic rings. The summed E-state index contributed by atoms with van der Waals surface area (Å²) in [6.45, 7) is 5.81. The quantitative estimate of drug-likeness (QED) is 0.395. The molecule has 0 bridgehead atoms. The molecule has 5 rings (SSSR count). The lowest BCUT2D eigenvalue weighted by atomic mass is 10.2. The highest BCUT2D eigenvalue weighted by atomic mass is 32.2. The maximum absolute atomic E-state index is 12.9. The molecule has 1 atom stereocenters. The molecule has 3 aromatic rings. The molecule has 1 N–H and O–H groups in total. The van der Waals surface area contributed by atoms with E-state index in [4.69, 9.17) is 14.5 Å². The zero-order valence-electron chi connectivity index (χ0n) is 22.3. The van der Waals surface area contributed by atoms with Crippen LogP contribution in [0.5, 0.6) is 5.75 Å². The third kappa shape index (κ3) is 6.52. The van der Waals surface area contributed by atoms with Crippen LogP contribution < -0.4 is 15.0 Å². The van der Waals surface area contributed by atoms with Gasteiger partial charge >= 0.3 is 0 Å². The molecular formula is C27H35N5O5S2. The molecule has 2 aromatic carbocycles. The maximum Gasteiger partial charge on any atom is 0.251 e. The number of rotatable bonds is 10. The van der Waals surface area contributed by atoms with Crippen LogP contribution in [-0.4, -0.2) is 101 Å². The molecule has 2 aliphatic heterocycles. The Balaban J connectivity index is 1.07. The molecule has 2 saturated heterocycles. The first-order valence-corrected chi connectivity index (χ1v) is 15.5. The largest absolute Gasteiger partial charge is 0.497 e. The molecule has 12 heteroatoms. The maximum atomic E-state index is 12.9. The number of carbonyl (C=O) groups excluding carboxylic acids is 1. The van der Waals surface area contributed by atoms with E-state index in [9.17, 15) is 13.2 Å². The summed E-state index contributed by atoms with van der Waals surface area (Å²) in [5.41, 5.74) is 1.42. The fourth-order valence-electron chi connectivity index (χ4n) is 4.88. The highest BCUT2D eigenvalue weighted by Gasteiger charge is 2.26. The van der Waals surface area contributed by atoms with Gasteiger partial charge in [-0.2, -0.15) is 4.31 Å². The Hall–Kier alpha value is -2.77. The number of hydrogen-bond acceptors (Lipinski definition) is 9. The number of methoxy groups -OCH3 is 1. The Morgan fingerprint density at radius 1 is 1.18 bits per heavy atom. The van der Waals surface area contributed by atoms with E-state index in [1.165, 1.54) is 16.4 Å². The van der Waals surface area contributed by atoms with Gasteiger partial charge in [0.15, 0.2) is 5.13 Å². The van der Waals surface area contributed by atoms with Crippen LogP contribution in [0.4, 0.5) is 5.13 Å². The van der Waals surface area contributed by atoms with Crippen LogP contribution in [0.15, 0.2) is 47.4 Å². The lowest BCUT2D eigenvalue weighted by Gasteiger charge is -2.34. The molecule has 0 aliphatic carbocycles. The predicted molar refractivity (Wildman–Crippen MR) is 152 cm³/mol. The number of fused-ring (bicyclic) bond motifs is 1. The lowest BCUT2D eigenvalue weighted by Crippen LogP contribution is -2.48. The van der Waals surface area contributed by atoms with E-state index >= 15 is 0 Å². The zero-order valence-corrected chi connectivity index (χ0v) is 24.0. The number of benzene rings is 2. The van der Waals surface area contributed by atoms with E-state index in [-0.39, 0.29) is 16.9 Å². The average molecular weight is 574 g/mol. The summed E-state index contributed by atoms with van der Waals surface area (Å²) in [7, 11) is -0.403. The molecule has 1 unspecified atom stereocenters. The minimum absolute atomic E-state index is 0.0603. The van der Waals surface area contributed by atoms with E-state index in [0.717, 1.165) is 66.7 Å². The minimum atomic E-state index is -3.63. The van der Waals surface area contributed by atoms with E-state index in [1.807, 2.05) is 18.2 Å². The Bertz CT molecular complexity index is 1380. The van der Waals surface area contributed by atoms with Gasteiger partial charge in [0.05, 0.1) is 28.3 Å². The smallest absolute Gasteiger partial charge is 0.251 e. The van der Waals surface area contributed by atoms with Crippen LogP contribution in [0.25, 0.3) is 10.2 Å². The van der Waals surface area contributed by atoms with Crippen molar-refractivity contribution in [2.75, 3.05) is 71.5 Å². The fraction of sp³-hybridized carbons (Fsp3) is 0.481. The first-order chi connectivity index (χ1) is 18.8. The van der Waals surface area contributed by atoms with Crippen molar-refractivity contribution in [1.82, 2.24) is 19.5 Å².